The molecule has 1 aliphatic heterocycles. The van der Waals surface area contributed by atoms with Crippen LogP contribution >= 0.6 is 24.0 Å². The molecule has 0 aromatic heterocycles. The Morgan fingerprint density at radius 2 is 1.96 bits per heavy atom. The third-order valence-electron chi connectivity index (χ3n) is 5.21. The fraction of sp³-hybridized carbons (Fsp3) is 0.579. The molecule has 8 heteroatoms. The molecule has 1 aliphatic carbocycles. The molecule has 2 fully saturated rings. The summed E-state index contributed by atoms with van der Waals surface area (Å²) >= 11 is 0. The van der Waals surface area contributed by atoms with E-state index < -0.39 is 0 Å². The minimum absolute atomic E-state index is 0. The van der Waals surface area contributed by atoms with E-state index in [1.165, 1.54) is 6.42 Å². The lowest BCUT2D eigenvalue weighted by Crippen LogP contribution is -2.51. The zero-order valence-electron chi connectivity index (χ0n) is 15.9. The van der Waals surface area contributed by atoms with Crippen molar-refractivity contribution in [2.75, 3.05) is 51.7 Å². The van der Waals surface area contributed by atoms with Crippen LogP contribution < -0.4 is 15.8 Å². The van der Waals surface area contributed by atoms with Crippen molar-refractivity contribution in [3.05, 3.63) is 24.3 Å². The number of carbonyl (C=O) groups is 1. The lowest BCUT2D eigenvalue weighted by molar-refractivity contribution is -0.139. The second kappa shape index (κ2) is 10.7. The third-order valence-corrected chi connectivity index (χ3v) is 5.21. The van der Waals surface area contributed by atoms with Crippen LogP contribution in [0.25, 0.3) is 0 Å². The maximum atomic E-state index is 12.3. The predicted molar refractivity (Wildman–Crippen MR) is 119 cm³/mol. The number of nitrogens with one attached hydrogen (secondary N) is 1. The number of nitrogens with two attached hydrogens (primary N) is 1. The standard InChI is InChI=1S/C19H29N5O2.HI/c1-26-17-8-3-2-7-16(17)22-19(20)21-9-10-23-11-13-24(14-12-23)18(25)15-5-4-6-15;/h2-3,7-8,15H,4-6,9-14H2,1H3,(H3,20,21,22);1H. The summed E-state index contributed by atoms with van der Waals surface area (Å²) in [6.07, 6.45) is 3.36. The first kappa shape index (κ1) is 21.7. The average molecular weight is 487 g/mol. The van der Waals surface area contributed by atoms with E-state index in [9.17, 15) is 4.79 Å². The average Bonchev–Trinajstić information content (AvgIpc) is 2.61. The number of nitrogens with zero attached hydrogens (tertiary/aromatic N) is 3. The second-order valence-corrected chi connectivity index (χ2v) is 6.89. The summed E-state index contributed by atoms with van der Waals surface area (Å²) < 4.78 is 5.29. The Balaban J connectivity index is 0.00000261. The number of para-hydroxylation sites is 2. The van der Waals surface area contributed by atoms with Crippen molar-refractivity contribution < 1.29 is 9.53 Å². The molecule has 150 valence electrons. The highest BCUT2D eigenvalue weighted by Gasteiger charge is 2.30. The van der Waals surface area contributed by atoms with Crippen LogP contribution in [-0.2, 0) is 4.79 Å². The maximum absolute atomic E-state index is 12.3. The monoisotopic (exact) mass is 487 g/mol. The van der Waals surface area contributed by atoms with Crippen LogP contribution in [0.4, 0.5) is 5.69 Å². The molecule has 1 amide bonds. The zero-order valence-corrected chi connectivity index (χ0v) is 18.2. The van der Waals surface area contributed by atoms with Crippen molar-refractivity contribution in [2.45, 2.75) is 19.3 Å². The van der Waals surface area contributed by atoms with E-state index in [4.69, 9.17) is 10.5 Å². The molecule has 0 unspecified atom stereocenters. The first-order chi connectivity index (χ1) is 12.7. The van der Waals surface area contributed by atoms with Gasteiger partial charge in [-0.25, -0.2) is 0 Å². The molecule has 27 heavy (non-hydrogen) atoms. The number of halogens is 1. The largest absolute Gasteiger partial charge is 0.495 e. The minimum Gasteiger partial charge on any atom is -0.495 e. The Hall–Kier alpha value is -1.55. The van der Waals surface area contributed by atoms with Gasteiger partial charge in [-0.1, -0.05) is 18.6 Å². The van der Waals surface area contributed by atoms with E-state index in [1.807, 2.05) is 29.2 Å². The number of ether oxygens (including phenoxy) is 1. The van der Waals surface area contributed by atoms with E-state index in [2.05, 4.69) is 15.2 Å². The van der Waals surface area contributed by atoms with Gasteiger partial charge in [0.05, 0.1) is 19.3 Å². The third kappa shape index (κ3) is 5.97. The molecule has 0 spiro atoms. The van der Waals surface area contributed by atoms with Crippen molar-refractivity contribution in [3.8, 4) is 5.75 Å². The molecule has 1 saturated heterocycles. The molecule has 7 nitrogen and oxygen atoms in total. The number of methoxy groups -OCH3 is 1. The number of aliphatic imine (C=N–C) groups is 1. The molecule has 1 heterocycles. The van der Waals surface area contributed by atoms with Gasteiger partial charge >= 0.3 is 0 Å². The minimum atomic E-state index is 0. The van der Waals surface area contributed by atoms with Crippen LogP contribution in [0.1, 0.15) is 19.3 Å². The van der Waals surface area contributed by atoms with Gasteiger partial charge in [0, 0.05) is 38.6 Å². The summed E-state index contributed by atoms with van der Waals surface area (Å²) in [5.74, 6) is 1.78. The number of guanidine groups is 1. The Labute approximate surface area is 178 Å². The second-order valence-electron chi connectivity index (χ2n) is 6.89. The van der Waals surface area contributed by atoms with E-state index >= 15 is 0 Å². The Morgan fingerprint density at radius 3 is 2.59 bits per heavy atom. The van der Waals surface area contributed by atoms with Gasteiger partial charge < -0.3 is 20.7 Å². The van der Waals surface area contributed by atoms with Crippen molar-refractivity contribution in [1.82, 2.24) is 9.80 Å². The van der Waals surface area contributed by atoms with Gasteiger partial charge in [0.25, 0.3) is 0 Å². The Morgan fingerprint density at radius 1 is 1.26 bits per heavy atom. The number of carbonyl (C=O) groups excluding carboxylic acids is 1. The molecular weight excluding hydrogens is 457 g/mol. The van der Waals surface area contributed by atoms with Gasteiger partial charge in [0.1, 0.15) is 5.75 Å². The van der Waals surface area contributed by atoms with Gasteiger partial charge in [0.15, 0.2) is 5.96 Å². The van der Waals surface area contributed by atoms with Crippen molar-refractivity contribution in [1.29, 1.82) is 0 Å². The molecular formula is C19H30IN5O2. The molecule has 1 aromatic carbocycles. The Kier molecular flexibility index (Phi) is 8.62. The quantitative estimate of drug-likeness (QED) is 0.365. The summed E-state index contributed by atoms with van der Waals surface area (Å²) in [5, 5.41) is 3.08. The SMILES string of the molecule is COc1ccccc1NC(N)=NCCN1CCN(C(=O)C2CCC2)CC1.I. The van der Waals surface area contributed by atoms with Crippen LogP contribution in [0.5, 0.6) is 5.75 Å². The molecule has 0 bridgehead atoms. The molecule has 1 aromatic rings. The fourth-order valence-corrected chi connectivity index (χ4v) is 3.34. The highest BCUT2D eigenvalue weighted by Crippen LogP contribution is 2.28. The number of hydrogen-bond donors (Lipinski definition) is 2. The lowest BCUT2D eigenvalue weighted by Gasteiger charge is -2.38. The van der Waals surface area contributed by atoms with E-state index in [1.54, 1.807) is 7.11 Å². The van der Waals surface area contributed by atoms with Gasteiger partial charge in [0.2, 0.25) is 5.91 Å². The fourth-order valence-electron chi connectivity index (χ4n) is 3.34. The molecule has 1 saturated carbocycles. The van der Waals surface area contributed by atoms with Gasteiger partial charge in [-0.05, 0) is 25.0 Å². The molecule has 0 radical (unpaired) electrons. The number of rotatable bonds is 6. The predicted octanol–water partition coefficient (Wildman–Crippen LogP) is 1.98. The van der Waals surface area contributed by atoms with Crippen LogP contribution in [0, 0.1) is 5.92 Å². The van der Waals surface area contributed by atoms with Crippen molar-refractivity contribution in [3.63, 3.8) is 0 Å². The summed E-state index contributed by atoms with van der Waals surface area (Å²) in [5.41, 5.74) is 6.78. The van der Waals surface area contributed by atoms with Gasteiger partial charge in [-0.2, -0.15) is 0 Å². The van der Waals surface area contributed by atoms with E-state index in [0.29, 0.717) is 24.3 Å². The first-order valence-electron chi connectivity index (χ1n) is 9.38. The zero-order chi connectivity index (χ0) is 18.4. The number of piperazine rings is 1. The summed E-state index contributed by atoms with van der Waals surface area (Å²) in [6.45, 7) is 4.95. The highest BCUT2D eigenvalue weighted by molar-refractivity contribution is 14.0. The number of anilines is 1. The smallest absolute Gasteiger partial charge is 0.225 e. The topological polar surface area (TPSA) is 83.2 Å². The van der Waals surface area contributed by atoms with Gasteiger partial charge in [-0.15, -0.1) is 24.0 Å². The molecule has 3 rings (SSSR count). The number of amides is 1. The molecule has 3 N–H and O–H groups in total. The maximum Gasteiger partial charge on any atom is 0.225 e. The van der Waals surface area contributed by atoms with Gasteiger partial charge in [-0.3, -0.25) is 14.7 Å². The number of benzene rings is 1. The Bertz CT molecular complexity index is 643. The molecule has 2 aliphatic rings. The van der Waals surface area contributed by atoms with Crippen molar-refractivity contribution >= 4 is 41.5 Å². The van der Waals surface area contributed by atoms with Crippen LogP contribution in [0.2, 0.25) is 0 Å². The summed E-state index contributed by atoms with van der Waals surface area (Å²) in [7, 11) is 1.63. The first-order valence-corrected chi connectivity index (χ1v) is 9.38. The summed E-state index contributed by atoms with van der Waals surface area (Å²) in [6, 6.07) is 7.61. The van der Waals surface area contributed by atoms with Crippen LogP contribution in [0.3, 0.4) is 0 Å². The normalized spacial score (nSPS) is 18.4. The lowest BCUT2D eigenvalue weighted by atomic mass is 9.84. The summed E-state index contributed by atoms with van der Waals surface area (Å²) in [4.78, 5) is 21.0. The van der Waals surface area contributed by atoms with Crippen LogP contribution in [0.15, 0.2) is 29.3 Å². The van der Waals surface area contributed by atoms with Crippen molar-refractivity contribution in [2.24, 2.45) is 16.6 Å². The number of hydrogen-bond acceptors (Lipinski definition) is 4. The van der Waals surface area contributed by atoms with E-state index in [-0.39, 0.29) is 24.0 Å². The van der Waals surface area contributed by atoms with Crippen LogP contribution in [-0.4, -0.2) is 68.0 Å². The molecule has 0 atom stereocenters. The highest BCUT2D eigenvalue weighted by atomic mass is 127. The van der Waals surface area contributed by atoms with E-state index in [0.717, 1.165) is 57.0 Å².